The minimum absolute atomic E-state index is 0.775. The van der Waals surface area contributed by atoms with Crippen molar-refractivity contribution in [3.05, 3.63) is 34.3 Å². The molecule has 0 bridgehead atoms. The van der Waals surface area contributed by atoms with Gasteiger partial charge in [-0.05, 0) is 23.4 Å². The number of aromatic nitrogens is 2. The Hall–Kier alpha value is -1.62. The van der Waals surface area contributed by atoms with E-state index in [0.29, 0.717) is 0 Å². The highest BCUT2D eigenvalue weighted by atomic mass is 32.1. The number of nitrogens with one attached hydrogen (secondary N) is 2. The molecule has 0 unspecified atom stereocenters. The predicted octanol–water partition coefficient (Wildman–Crippen LogP) is 2.75. The standard InChI is InChI=1S/C12H16N4S/c1-3-9-4-5-17-10(9)6-15-12-8-14-7-11(13-2)16-12/h4-5,7-8H,3,6H2,1-2H3,(H2,13,15,16). The monoisotopic (exact) mass is 248 g/mol. The molecule has 0 aliphatic carbocycles. The van der Waals surface area contributed by atoms with E-state index in [0.717, 1.165) is 24.6 Å². The number of anilines is 2. The maximum Gasteiger partial charge on any atom is 0.147 e. The third-order valence-corrected chi connectivity index (χ3v) is 3.50. The fraction of sp³-hybridized carbons (Fsp3) is 0.333. The number of hydrogen-bond donors (Lipinski definition) is 2. The molecule has 0 spiro atoms. The molecule has 2 aromatic heterocycles. The van der Waals surface area contributed by atoms with Gasteiger partial charge in [0.25, 0.3) is 0 Å². The van der Waals surface area contributed by atoms with Gasteiger partial charge in [0, 0.05) is 11.9 Å². The van der Waals surface area contributed by atoms with Gasteiger partial charge in [0.1, 0.15) is 11.6 Å². The fourth-order valence-electron chi connectivity index (χ4n) is 1.58. The maximum absolute atomic E-state index is 4.37. The van der Waals surface area contributed by atoms with Crippen LogP contribution in [-0.2, 0) is 13.0 Å². The van der Waals surface area contributed by atoms with E-state index in [1.54, 1.807) is 23.7 Å². The summed E-state index contributed by atoms with van der Waals surface area (Å²) < 4.78 is 0. The molecule has 2 rings (SSSR count). The van der Waals surface area contributed by atoms with Gasteiger partial charge in [-0.15, -0.1) is 11.3 Å². The zero-order chi connectivity index (χ0) is 12.1. The molecule has 0 radical (unpaired) electrons. The minimum Gasteiger partial charge on any atom is -0.372 e. The Labute approximate surface area is 105 Å². The molecule has 0 amide bonds. The molecule has 0 saturated heterocycles. The first kappa shape index (κ1) is 11.9. The van der Waals surface area contributed by atoms with Crippen molar-refractivity contribution in [3.8, 4) is 0 Å². The minimum atomic E-state index is 0.775. The second-order valence-electron chi connectivity index (χ2n) is 3.62. The van der Waals surface area contributed by atoms with Gasteiger partial charge in [0.2, 0.25) is 0 Å². The number of aryl methyl sites for hydroxylation is 1. The van der Waals surface area contributed by atoms with Gasteiger partial charge in [-0.2, -0.15) is 0 Å². The van der Waals surface area contributed by atoms with Crippen LogP contribution in [0, 0.1) is 0 Å². The van der Waals surface area contributed by atoms with Crippen LogP contribution in [-0.4, -0.2) is 17.0 Å². The van der Waals surface area contributed by atoms with E-state index in [1.807, 2.05) is 7.05 Å². The van der Waals surface area contributed by atoms with Crippen molar-refractivity contribution in [2.24, 2.45) is 0 Å². The lowest BCUT2D eigenvalue weighted by atomic mass is 10.2. The molecule has 17 heavy (non-hydrogen) atoms. The quantitative estimate of drug-likeness (QED) is 0.854. The summed E-state index contributed by atoms with van der Waals surface area (Å²) in [6.45, 7) is 2.98. The Balaban J connectivity index is 2.02. The van der Waals surface area contributed by atoms with E-state index >= 15 is 0 Å². The van der Waals surface area contributed by atoms with Crippen LogP contribution in [0.4, 0.5) is 11.6 Å². The number of nitrogens with zero attached hydrogens (tertiary/aromatic N) is 2. The van der Waals surface area contributed by atoms with Crippen LogP contribution in [0.1, 0.15) is 17.4 Å². The van der Waals surface area contributed by atoms with Crippen LogP contribution in [0.2, 0.25) is 0 Å². The summed E-state index contributed by atoms with van der Waals surface area (Å²) in [5.41, 5.74) is 1.40. The summed E-state index contributed by atoms with van der Waals surface area (Å²) in [7, 11) is 1.84. The summed E-state index contributed by atoms with van der Waals surface area (Å²) in [5, 5.41) is 8.40. The van der Waals surface area contributed by atoms with Gasteiger partial charge in [-0.1, -0.05) is 6.92 Å². The van der Waals surface area contributed by atoms with Crippen LogP contribution < -0.4 is 10.6 Å². The largest absolute Gasteiger partial charge is 0.372 e. The first-order chi connectivity index (χ1) is 8.33. The fourth-order valence-corrected chi connectivity index (χ4v) is 2.50. The molecule has 2 aromatic rings. The van der Waals surface area contributed by atoms with Crippen molar-refractivity contribution in [1.29, 1.82) is 0 Å². The Morgan fingerprint density at radius 1 is 1.29 bits per heavy atom. The van der Waals surface area contributed by atoms with Crippen LogP contribution in [0.5, 0.6) is 0 Å². The molecular formula is C12H16N4S. The number of thiophene rings is 1. The molecular weight excluding hydrogens is 232 g/mol. The zero-order valence-corrected chi connectivity index (χ0v) is 10.8. The van der Waals surface area contributed by atoms with Gasteiger partial charge >= 0.3 is 0 Å². The highest BCUT2D eigenvalue weighted by molar-refractivity contribution is 7.10. The first-order valence-corrected chi connectivity index (χ1v) is 6.50. The van der Waals surface area contributed by atoms with E-state index in [-0.39, 0.29) is 0 Å². The van der Waals surface area contributed by atoms with Crippen LogP contribution in [0.3, 0.4) is 0 Å². The molecule has 5 heteroatoms. The van der Waals surface area contributed by atoms with Crippen molar-refractivity contribution in [2.75, 3.05) is 17.7 Å². The molecule has 0 aliphatic rings. The highest BCUT2D eigenvalue weighted by Gasteiger charge is 2.03. The Morgan fingerprint density at radius 2 is 2.12 bits per heavy atom. The Kier molecular flexibility index (Phi) is 3.93. The lowest BCUT2D eigenvalue weighted by molar-refractivity contribution is 1.06. The average molecular weight is 248 g/mol. The van der Waals surface area contributed by atoms with Crippen molar-refractivity contribution in [2.45, 2.75) is 19.9 Å². The molecule has 0 fully saturated rings. The van der Waals surface area contributed by atoms with Crippen LogP contribution in [0.15, 0.2) is 23.8 Å². The van der Waals surface area contributed by atoms with E-state index in [9.17, 15) is 0 Å². The molecule has 90 valence electrons. The number of rotatable bonds is 5. The summed E-state index contributed by atoms with van der Waals surface area (Å²) >= 11 is 1.78. The van der Waals surface area contributed by atoms with Crippen LogP contribution in [0.25, 0.3) is 0 Å². The van der Waals surface area contributed by atoms with Crippen molar-refractivity contribution in [3.63, 3.8) is 0 Å². The van der Waals surface area contributed by atoms with Gasteiger partial charge in [-0.25, -0.2) is 4.98 Å². The third-order valence-electron chi connectivity index (χ3n) is 2.54. The van der Waals surface area contributed by atoms with Gasteiger partial charge < -0.3 is 10.6 Å². The van der Waals surface area contributed by atoms with Crippen molar-refractivity contribution >= 4 is 23.0 Å². The molecule has 4 nitrogen and oxygen atoms in total. The predicted molar refractivity (Wildman–Crippen MR) is 72.6 cm³/mol. The smallest absolute Gasteiger partial charge is 0.147 e. The van der Waals surface area contributed by atoms with Crippen molar-refractivity contribution in [1.82, 2.24) is 9.97 Å². The van der Waals surface area contributed by atoms with E-state index in [1.165, 1.54) is 10.4 Å². The topological polar surface area (TPSA) is 49.8 Å². The first-order valence-electron chi connectivity index (χ1n) is 5.62. The second-order valence-corrected chi connectivity index (χ2v) is 4.62. The Morgan fingerprint density at radius 3 is 2.88 bits per heavy atom. The summed E-state index contributed by atoms with van der Waals surface area (Å²) in [5.74, 6) is 1.57. The molecule has 2 N–H and O–H groups in total. The second kappa shape index (κ2) is 5.63. The lowest BCUT2D eigenvalue weighted by Crippen LogP contribution is -2.03. The maximum atomic E-state index is 4.37. The van der Waals surface area contributed by atoms with Crippen molar-refractivity contribution < 1.29 is 0 Å². The molecule has 2 heterocycles. The van der Waals surface area contributed by atoms with Gasteiger partial charge in [0.05, 0.1) is 18.9 Å². The van der Waals surface area contributed by atoms with E-state index in [4.69, 9.17) is 0 Å². The highest BCUT2D eigenvalue weighted by Crippen LogP contribution is 2.18. The molecule has 0 aromatic carbocycles. The Bertz CT molecular complexity index is 481. The zero-order valence-electron chi connectivity index (χ0n) is 10.0. The third kappa shape index (κ3) is 2.94. The van der Waals surface area contributed by atoms with Gasteiger partial charge in [0.15, 0.2) is 0 Å². The molecule has 0 atom stereocenters. The SMILES string of the molecule is CCc1ccsc1CNc1cncc(NC)n1. The normalized spacial score (nSPS) is 10.2. The van der Waals surface area contributed by atoms with E-state index < -0.39 is 0 Å². The van der Waals surface area contributed by atoms with E-state index in [2.05, 4.69) is 39.0 Å². The molecule has 0 saturated carbocycles. The molecule has 0 aliphatic heterocycles. The number of hydrogen-bond acceptors (Lipinski definition) is 5. The summed E-state index contributed by atoms with van der Waals surface area (Å²) in [4.78, 5) is 9.84. The summed E-state index contributed by atoms with van der Waals surface area (Å²) in [6, 6.07) is 2.18. The average Bonchev–Trinajstić information content (AvgIpc) is 2.84. The summed E-state index contributed by atoms with van der Waals surface area (Å²) in [6.07, 6.45) is 4.51. The van der Waals surface area contributed by atoms with Crippen LogP contribution >= 0.6 is 11.3 Å². The lowest BCUT2D eigenvalue weighted by Gasteiger charge is -2.06. The van der Waals surface area contributed by atoms with Gasteiger partial charge in [-0.3, -0.25) is 4.98 Å².